The first kappa shape index (κ1) is 10.2. The number of ether oxygens (including phenoxy) is 1. The van der Waals surface area contributed by atoms with E-state index >= 15 is 0 Å². The van der Waals surface area contributed by atoms with Gasteiger partial charge in [0.2, 0.25) is 0 Å². The molecule has 1 atom stereocenters. The number of hydrogen-bond donors (Lipinski definition) is 1. The fourth-order valence-electron chi connectivity index (χ4n) is 0.759. The first-order valence-corrected chi connectivity index (χ1v) is 4.34. The van der Waals surface area contributed by atoms with Crippen LogP contribution in [0.2, 0.25) is 5.15 Å². The van der Waals surface area contributed by atoms with E-state index in [9.17, 15) is 0 Å². The smallest absolute Gasteiger partial charge is 0.149 e. The Morgan fingerprint density at radius 1 is 1.62 bits per heavy atom. The standard InChI is InChI=1S/C8H12ClN3O/c1-6(13-2)3-11-8-5-10-4-7(9)12-8/h4-6H,3H2,1-2H3,(H,11,12). The Bertz CT molecular complexity index is 269. The normalized spacial score (nSPS) is 12.5. The van der Waals surface area contributed by atoms with Gasteiger partial charge in [-0.15, -0.1) is 0 Å². The molecule has 4 nitrogen and oxygen atoms in total. The van der Waals surface area contributed by atoms with Crippen LogP contribution in [0.25, 0.3) is 0 Å². The molecule has 13 heavy (non-hydrogen) atoms. The zero-order valence-electron chi connectivity index (χ0n) is 7.62. The highest BCUT2D eigenvalue weighted by atomic mass is 35.5. The van der Waals surface area contributed by atoms with E-state index in [1.807, 2.05) is 6.92 Å². The first-order chi connectivity index (χ1) is 6.22. The topological polar surface area (TPSA) is 47.0 Å². The summed E-state index contributed by atoms with van der Waals surface area (Å²) in [6.45, 7) is 2.65. The van der Waals surface area contributed by atoms with Gasteiger partial charge in [0, 0.05) is 13.7 Å². The number of anilines is 1. The Hall–Kier alpha value is -0.870. The lowest BCUT2D eigenvalue weighted by Crippen LogP contribution is -2.18. The molecule has 72 valence electrons. The first-order valence-electron chi connectivity index (χ1n) is 3.96. The van der Waals surface area contributed by atoms with Crippen molar-refractivity contribution in [2.75, 3.05) is 19.0 Å². The Morgan fingerprint density at radius 3 is 3.00 bits per heavy atom. The molecule has 0 saturated heterocycles. The molecular formula is C8H12ClN3O. The van der Waals surface area contributed by atoms with Crippen molar-refractivity contribution in [3.05, 3.63) is 17.5 Å². The maximum atomic E-state index is 5.65. The van der Waals surface area contributed by atoms with Crippen LogP contribution in [0.3, 0.4) is 0 Å². The second-order valence-corrected chi connectivity index (χ2v) is 3.04. The summed E-state index contributed by atoms with van der Waals surface area (Å²) in [5.41, 5.74) is 0. The molecule has 1 aromatic heterocycles. The average molecular weight is 202 g/mol. The van der Waals surface area contributed by atoms with Gasteiger partial charge in [-0.25, -0.2) is 4.98 Å². The number of aromatic nitrogens is 2. The van der Waals surface area contributed by atoms with Gasteiger partial charge in [0.15, 0.2) is 0 Å². The molecule has 0 aliphatic carbocycles. The van der Waals surface area contributed by atoms with Crippen LogP contribution in [-0.4, -0.2) is 29.7 Å². The Morgan fingerprint density at radius 2 is 2.38 bits per heavy atom. The maximum Gasteiger partial charge on any atom is 0.149 e. The van der Waals surface area contributed by atoms with Crippen LogP contribution < -0.4 is 5.32 Å². The number of rotatable bonds is 4. The lowest BCUT2D eigenvalue weighted by atomic mass is 10.4. The summed E-state index contributed by atoms with van der Waals surface area (Å²) < 4.78 is 5.06. The number of hydrogen-bond acceptors (Lipinski definition) is 4. The van der Waals surface area contributed by atoms with Crippen LogP contribution >= 0.6 is 11.6 Å². The summed E-state index contributed by atoms with van der Waals surface area (Å²) in [6, 6.07) is 0. The van der Waals surface area contributed by atoms with Crippen LogP contribution in [0.5, 0.6) is 0 Å². The van der Waals surface area contributed by atoms with Crippen LogP contribution in [0, 0.1) is 0 Å². The van der Waals surface area contributed by atoms with Crippen LogP contribution in [-0.2, 0) is 4.74 Å². The van der Waals surface area contributed by atoms with Crippen molar-refractivity contribution in [2.24, 2.45) is 0 Å². The molecule has 0 aliphatic rings. The predicted octanol–water partition coefficient (Wildman–Crippen LogP) is 1.58. The van der Waals surface area contributed by atoms with Gasteiger partial charge in [-0.1, -0.05) is 11.6 Å². The number of methoxy groups -OCH3 is 1. The van der Waals surface area contributed by atoms with E-state index in [0.29, 0.717) is 17.5 Å². The highest BCUT2D eigenvalue weighted by molar-refractivity contribution is 6.29. The SMILES string of the molecule is COC(C)CNc1cncc(Cl)n1. The van der Waals surface area contributed by atoms with E-state index in [0.717, 1.165) is 0 Å². The summed E-state index contributed by atoms with van der Waals surface area (Å²) >= 11 is 5.65. The third kappa shape index (κ3) is 3.57. The summed E-state index contributed by atoms with van der Waals surface area (Å²) in [5, 5.41) is 3.44. The van der Waals surface area contributed by atoms with Gasteiger partial charge in [0.1, 0.15) is 11.0 Å². The van der Waals surface area contributed by atoms with Crippen molar-refractivity contribution in [1.29, 1.82) is 0 Å². The molecular weight excluding hydrogens is 190 g/mol. The third-order valence-electron chi connectivity index (χ3n) is 1.58. The van der Waals surface area contributed by atoms with Crippen molar-refractivity contribution < 1.29 is 4.74 Å². The Balaban J connectivity index is 2.45. The summed E-state index contributed by atoms with van der Waals surface area (Å²) in [5.74, 6) is 0.663. The molecule has 0 saturated carbocycles. The molecule has 1 rings (SSSR count). The molecule has 0 bridgehead atoms. The molecule has 1 heterocycles. The Kier molecular flexibility index (Phi) is 3.92. The third-order valence-corrected chi connectivity index (χ3v) is 1.76. The van der Waals surface area contributed by atoms with Crippen molar-refractivity contribution in [1.82, 2.24) is 9.97 Å². The Labute approximate surface area is 82.3 Å². The van der Waals surface area contributed by atoms with E-state index < -0.39 is 0 Å². The zero-order chi connectivity index (χ0) is 9.68. The van der Waals surface area contributed by atoms with Crippen molar-refractivity contribution >= 4 is 17.4 Å². The van der Waals surface area contributed by atoms with Crippen molar-refractivity contribution in [2.45, 2.75) is 13.0 Å². The minimum absolute atomic E-state index is 0.140. The molecule has 0 radical (unpaired) electrons. The van der Waals surface area contributed by atoms with Gasteiger partial charge in [-0.3, -0.25) is 4.98 Å². The lowest BCUT2D eigenvalue weighted by molar-refractivity contribution is 0.128. The molecule has 0 fully saturated rings. The molecule has 0 amide bonds. The highest BCUT2D eigenvalue weighted by Gasteiger charge is 2.00. The number of nitrogens with zero attached hydrogens (tertiary/aromatic N) is 2. The van der Waals surface area contributed by atoms with Crippen molar-refractivity contribution in [3.8, 4) is 0 Å². The summed E-state index contributed by atoms with van der Waals surface area (Å²) in [4.78, 5) is 7.91. The lowest BCUT2D eigenvalue weighted by Gasteiger charge is -2.10. The summed E-state index contributed by atoms with van der Waals surface area (Å²) in [6.07, 6.45) is 3.25. The van der Waals surface area contributed by atoms with E-state index in [4.69, 9.17) is 16.3 Å². The van der Waals surface area contributed by atoms with Gasteiger partial charge in [0.05, 0.1) is 18.5 Å². The van der Waals surface area contributed by atoms with E-state index in [1.54, 1.807) is 13.3 Å². The number of nitrogens with one attached hydrogen (secondary N) is 1. The van der Waals surface area contributed by atoms with Gasteiger partial charge in [0.25, 0.3) is 0 Å². The fraction of sp³-hybridized carbons (Fsp3) is 0.500. The minimum atomic E-state index is 0.140. The molecule has 0 aromatic carbocycles. The largest absolute Gasteiger partial charge is 0.380 e. The minimum Gasteiger partial charge on any atom is -0.380 e. The molecule has 1 N–H and O–H groups in total. The molecule has 0 spiro atoms. The van der Waals surface area contributed by atoms with Crippen LogP contribution in [0.15, 0.2) is 12.4 Å². The number of halogens is 1. The van der Waals surface area contributed by atoms with Crippen LogP contribution in [0.1, 0.15) is 6.92 Å². The van der Waals surface area contributed by atoms with Gasteiger partial charge < -0.3 is 10.1 Å². The van der Waals surface area contributed by atoms with Gasteiger partial charge >= 0.3 is 0 Å². The monoisotopic (exact) mass is 201 g/mol. The maximum absolute atomic E-state index is 5.65. The average Bonchev–Trinajstić information content (AvgIpc) is 2.14. The van der Waals surface area contributed by atoms with Gasteiger partial charge in [-0.2, -0.15) is 0 Å². The van der Waals surface area contributed by atoms with E-state index in [-0.39, 0.29) is 6.10 Å². The quantitative estimate of drug-likeness (QED) is 0.804. The van der Waals surface area contributed by atoms with Crippen LogP contribution in [0.4, 0.5) is 5.82 Å². The molecule has 5 heteroatoms. The fourth-order valence-corrected chi connectivity index (χ4v) is 0.906. The van der Waals surface area contributed by atoms with Gasteiger partial charge in [-0.05, 0) is 6.92 Å². The van der Waals surface area contributed by atoms with Crippen molar-refractivity contribution in [3.63, 3.8) is 0 Å². The highest BCUT2D eigenvalue weighted by Crippen LogP contribution is 2.06. The molecule has 1 unspecified atom stereocenters. The van der Waals surface area contributed by atoms with E-state index in [2.05, 4.69) is 15.3 Å². The molecule has 1 aromatic rings. The predicted molar refractivity (Wildman–Crippen MR) is 52.0 cm³/mol. The zero-order valence-corrected chi connectivity index (χ0v) is 8.38. The molecule has 0 aliphatic heterocycles. The summed E-state index contributed by atoms with van der Waals surface area (Å²) in [7, 11) is 1.66. The second kappa shape index (κ2) is 4.99. The second-order valence-electron chi connectivity index (χ2n) is 2.65. The van der Waals surface area contributed by atoms with E-state index in [1.165, 1.54) is 6.20 Å².